The lowest BCUT2D eigenvalue weighted by Crippen LogP contribution is -2.25. The first kappa shape index (κ1) is 16.4. The van der Waals surface area contributed by atoms with Gasteiger partial charge < -0.3 is 14.9 Å². The highest BCUT2D eigenvalue weighted by Crippen LogP contribution is 2.37. The maximum atomic E-state index is 13.3. The van der Waals surface area contributed by atoms with Crippen LogP contribution in [0.4, 0.5) is 17.6 Å². The molecule has 0 aliphatic heterocycles. The molecule has 0 aliphatic carbocycles. The summed E-state index contributed by atoms with van der Waals surface area (Å²) >= 11 is 0. The van der Waals surface area contributed by atoms with Crippen LogP contribution in [0.25, 0.3) is 0 Å². The average molecular weight is 296 g/mol. The van der Waals surface area contributed by atoms with E-state index in [1.807, 2.05) is 0 Å². The molecule has 2 atom stereocenters. The zero-order valence-corrected chi connectivity index (χ0v) is 10.3. The number of aliphatic hydroxyl groups excluding tert-OH is 2. The largest absolute Gasteiger partial charge is 0.469 e. The van der Waals surface area contributed by atoms with E-state index in [2.05, 4.69) is 4.74 Å². The predicted octanol–water partition coefficient (Wildman–Crippen LogP) is 1.80. The summed E-state index contributed by atoms with van der Waals surface area (Å²) in [5.41, 5.74) is -2.51. The van der Waals surface area contributed by atoms with Crippen LogP contribution in [0, 0.1) is 5.82 Å². The highest BCUT2D eigenvalue weighted by Gasteiger charge is 2.39. The summed E-state index contributed by atoms with van der Waals surface area (Å²) in [5, 5.41) is 19.2. The highest BCUT2D eigenvalue weighted by molar-refractivity contribution is 5.69. The molecule has 0 amide bonds. The lowest BCUT2D eigenvalue weighted by atomic mass is 9.96. The maximum absolute atomic E-state index is 13.3. The van der Waals surface area contributed by atoms with Crippen LogP contribution < -0.4 is 0 Å². The highest BCUT2D eigenvalue weighted by atomic mass is 19.4. The van der Waals surface area contributed by atoms with E-state index in [1.165, 1.54) is 0 Å². The van der Waals surface area contributed by atoms with Crippen molar-refractivity contribution in [3.05, 3.63) is 35.1 Å². The molecule has 1 aromatic rings. The Labute approximate surface area is 111 Å². The van der Waals surface area contributed by atoms with Crippen LogP contribution >= 0.6 is 0 Å². The summed E-state index contributed by atoms with van der Waals surface area (Å²) < 4.78 is 55.7. The quantitative estimate of drug-likeness (QED) is 0.657. The third kappa shape index (κ3) is 3.67. The Kier molecular flexibility index (Phi) is 5.07. The zero-order chi connectivity index (χ0) is 15.5. The summed E-state index contributed by atoms with van der Waals surface area (Å²) in [6.45, 7) is 0. The number of hydrogen-bond acceptors (Lipinski definition) is 4. The molecule has 2 N–H and O–H groups in total. The Bertz CT molecular complexity index is 487. The summed E-state index contributed by atoms with van der Waals surface area (Å²) in [4.78, 5) is 10.9. The van der Waals surface area contributed by atoms with Crippen molar-refractivity contribution in [1.29, 1.82) is 0 Å². The molecule has 0 saturated carbocycles. The summed E-state index contributed by atoms with van der Waals surface area (Å²) in [5.74, 6) is -2.49. The monoisotopic (exact) mass is 296 g/mol. The first-order chi connectivity index (χ1) is 9.18. The van der Waals surface area contributed by atoms with E-state index >= 15 is 0 Å². The van der Waals surface area contributed by atoms with Crippen molar-refractivity contribution in [2.75, 3.05) is 7.11 Å². The van der Waals surface area contributed by atoms with Gasteiger partial charge in [0, 0.05) is 0 Å². The van der Waals surface area contributed by atoms with E-state index in [-0.39, 0.29) is 0 Å². The smallest absolute Gasteiger partial charge is 0.419 e. The molecule has 8 heteroatoms. The zero-order valence-electron chi connectivity index (χ0n) is 10.3. The van der Waals surface area contributed by atoms with Gasteiger partial charge in [-0.3, -0.25) is 4.79 Å². The first-order valence-electron chi connectivity index (χ1n) is 5.47. The van der Waals surface area contributed by atoms with Gasteiger partial charge in [-0.1, -0.05) is 12.1 Å². The van der Waals surface area contributed by atoms with Gasteiger partial charge in [0.25, 0.3) is 0 Å². The fourth-order valence-corrected chi connectivity index (χ4v) is 1.66. The van der Waals surface area contributed by atoms with Gasteiger partial charge in [0.2, 0.25) is 0 Å². The van der Waals surface area contributed by atoms with Gasteiger partial charge in [0.05, 0.1) is 25.2 Å². The van der Waals surface area contributed by atoms with E-state index < -0.39 is 47.7 Å². The summed E-state index contributed by atoms with van der Waals surface area (Å²) in [6, 6.07) is 2.39. The van der Waals surface area contributed by atoms with E-state index in [0.29, 0.717) is 6.07 Å². The second-order valence-electron chi connectivity index (χ2n) is 3.99. The second-order valence-corrected chi connectivity index (χ2v) is 3.99. The molecule has 0 aliphatic rings. The van der Waals surface area contributed by atoms with Crippen molar-refractivity contribution >= 4 is 5.97 Å². The van der Waals surface area contributed by atoms with Crippen molar-refractivity contribution in [3.8, 4) is 0 Å². The number of hydrogen-bond donors (Lipinski definition) is 2. The van der Waals surface area contributed by atoms with E-state index in [4.69, 9.17) is 0 Å². The Morgan fingerprint density at radius 3 is 2.45 bits per heavy atom. The van der Waals surface area contributed by atoms with Crippen molar-refractivity contribution in [1.82, 2.24) is 0 Å². The van der Waals surface area contributed by atoms with Crippen LogP contribution in [-0.2, 0) is 15.7 Å². The molecule has 2 unspecified atom stereocenters. The van der Waals surface area contributed by atoms with E-state index in [1.54, 1.807) is 0 Å². The van der Waals surface area contributed by atoms with Gasteiger partial charge in [-0.2, -0.15) is 13.2 Å². The molecular formula is C12H12F4O4. The van der Waals surface area contributed by atoms with E-state index in [9.17, 15) is 32.6 Å². The molecule has 20 heavy (non-hydrogen) atoms. The van der Waals surface area contributed by atoms with Crippen LogP contribution in [0.5, 0.6) is 0 Å². The van der Waals surface area contributed by atoms with Crippen molar-refractivity contribution in [2.45, 2.75) is 24.8 Å². The normalized spacial score (nSPS) is 14.8. The van der Waals surface area contributed by atoms with Crippen molar-refractivity contribution < 1.29 is 37.3 Å². The van der Waals surface area contributed by atoms with Gasteiger partial charge in [0.1, 0.15) is 11.9 Å². The number of carbonyl (C=O) groups excluding carboxylic acids is 1. The third-order valence-electron chi connectivity index (χ3n) is 2.62. The van der Waals surface area contributed by atoms with Gasteiger partial charge in [-0.15, -0.1) is 0 Å². The number of ether oxygens (including phenoxy) is 1. The molecule has 4 nitrogen and oxygen atoms in total. The first-order valence-corrected chi connectivity index (χ1v) is 5.47. The summed E-state index contributed by atoms with van der Waals surface area (Å²) in [7, 11) is 1.02. The van der Waals surface area contributed by atoms with Crippen LogP contribution in [-0.4, -0.2) is 29.4 Å². The van der Waals surface area contributed by atoms with Crippen LogP contribution in [0.3, 0.4) is 0 Å². The minimum atomic E-state index is -5.04. The number of esters is 1. The molecule has 0 heterocycles. The molecule has 0 bridgehead atoms. The number of benzene rings is 1. The molecule has 0 saturated heterocycles. The number of rotatable bonds is 4. The van der Waals surface area contributed by atoms with Crippen LogP contribution in [0.15, 0.2) is 18.2 Å². The fraction of sp³-hybridized carbons (Fsp3) is 0.417. The van der Waals surface area contributed by atoms with Crippen molar-refractivity contribution in [2.24, 2.45) is 0 Å². The van der Waals surface area contributed by atoms with Gasteiger partial charge in [-0.05, 0) is 11.6 Å². The number of methoxy groups -OCH3 is 1. The fourth-order valence-electron chi connectivity index (χ4n) is 1.66. The second kappa shape index (κ2) is 6.19. The molecule has 0 radical (unpaired) electrons. The van der Waals surface area contributed by atoms with Crippen LogP contribution in [0.2, 0.25) is 0 Å². The topological polar surface area (TPSA) is 66.8 Å². The van der Waals surface area contributed by atoms with Crippen molar-refractivity contribution in [3.63, 3.8) is 0 Å². The van der Waals surface area contributed by atoms with Gasteiger partial charge in [0.15, 0.2) is 0 Å². The standard InChI is InChI=1S/C12H12F4O4/c1-20-9(18)5-8(17)11(19)6-3-2-4-7(13)10(6)12(14,15)16/h2-4,8,11,17,19H,5H2,1H3. The number of carbonyl (C=O) groups is 1. The Hall–Kier alpha value is -1.67. The van der Waals surface area contributed by atoms with E-state index in [0.717, 1.165) is 19.2 Å². The SMILES string of the molecule is COC(=O)CC(O)C(O)c1cccc(F)c1C(F)(F)F. The molecular weight excluding hydrogens is 284 g/mol. The number of alkyl halides is 3. The Morgan fingerprint density at radius 1 is 1.35 bits per heavy atom. The third-order valence-corrected chi connectivity index (χ3v) is 2.62. The molecule has 0 aromatic heterocycles. The van der Waals surface area contributed by atoms with Gasteiger partial charge in [-0.25, -0.2) is 4.39 Å². The van der Waals surface area contributed by atoms with Crippen LogP contribution in [0.1, 0.15) is 23.7 Å². The molecule has 112 valence electrons. The lowest BCUT2D eigenvalue weighted by molar-refractivity contribution is -0.145. The summed E-state index contributed by atoms with van der Waals surface area (Å²) in [6.07, 6.45) is -9.66. The minimum Gasteiger partial charge on any atom is -0.469 e. The molecule has 1 aromatic carbocycles. The number of aliphatic hydroxyl groups is 2. The molecule has 0 fully saturated rings. The Balaban J connectivity index is 3.13. The lowest BCUT2D eigenvalue weighted by Gasteiger charge is -2.21. The predicted molar refractivity (Wildman–Crippen MR) is 59.0 cm³/mol. The maximum Gasteiger partial charge on any atom is 0.419 e. The number of halogens is 4. The molecule has 1 rings (SSSR count). The Morgan fingerprint density at radius 2 is 1.95 bits per heavy atom. The average Bonchev–Trinajstić information content (AvgIpc) is 2.35. The molecule has 0 spiro atoms. The minimum absolute atomic E-state index is 0.589. The van der Waals surface area contributed by atoms with Gasteiger partial charge >= 0.3 is 12.1 Å².